The number of carbonyl (C=O) groups is 1. The normalized spacial score (nSPS) is 14.6. The number of methoxy groups -OCH3 is 2. The van der Waals surface area contributed by atoms with E-state index in [2.05, 4.69) is 27.1 Å². The molecule has 1 amide bonds. The lowest BCUT2D eigenvalue weighted by Gasteiger charge is -2.33. The van der Waals surface area contributed by atoms with Gasteiger partial charge in [0, 0.05) is 38.3 Å². The SMILES string of the molecule is CCN1CCN(C(=O)c2cc(Nc3ccc(OC)cc3OC)nc(C)n2)CC1. The maximum atomic E-state index is 12.9. The van der Waals surface area contributed by atoms with E-state index >= 15 is 0 Å². The predicted octanol–water partition coefficient (Wildman–Crippen LogP) is 2.32. The average molecular weight is 385 g/mol. The van der Waals surface area contributed by atoms with Gasteiger partial charge in [0.05, 0.1) is 19.9 Å². The van der Waals surface area contributed by atoms with Crippen LogP contribution in [-0.4, -0.2) is 72.6 Å². The number of hydrogen-bond acceptors (Lipinski definition) is 7. The van der Waals surface area contributed by atoms with E-state index in [9.17, 15) is 4.79 Å². The van der Waals surface area contributed by atoms with Gasteiger partial charge in [-0.05, 0) is 25.6 Å². The Bertz CT molecular complexity index is 835. The highest BCUT2D eigenvalue weighted by atomic mass is 16.5. The molecule has 1 aromatic heterocycles. The number of nitrogens with one attached hydrogen (secondary N) is 1. The molecule has 150 valence electrons. The first-order valence-corrected chi connectivity index (χ1v) is 9.40. The van der Waals surface area contributed by atoms with Gasteiger partial charge in [0.15, 0.2) is 0 Å². The fraction of sp³-hybridized carbons (Fsp3) is 0.450. The van der Waals surface area contributed by atoms with E-state index in [-0.39, 0.29) is 5.91 Å². The molecule has 1 fully saturated rings. The second-order valence-corrected chi connectivity index (χ2v) is 6.60. The number of likely N-dealkylation sites (N-methyl/N-ethyl adjacent to an activating group) is 1. The Morgan fingerprint density at radius 1 is 1.11 bits per heavy atom. The molecule has 0 saturated carbocycles. The molecule has 0 aliphatic carbocycles. The van der Waals surface area contributed by atoms with Crippen LogP contribution in [0.1, 0.15) is 23.2 Å². The summed E-state index contributed by atoms with van der Waals surface area (Å²) in [6, 6.07) is 7.15. The molecule has 0 spiro atoms. The van der Waals surface area contributed by atoms with Crippen LogP contribution in [0.4, 0.5) is 11.5 Å². The first kappa shape index (κ1) is 19.9. The van der Waals surface area contributed by atoms with E-state index in [0.29, 0.717) is 41.9 Å². The van der Waals surface area contributed by atoms with Crippen molar-refractivity contribution >= 4 is 17.4 Å². The highest BCUT2D eigenvalue weighted by Crippen LogP contribution is 2.31. The van der Waals surface area contributed by atoms with Gasteiger partial charge in [0.25, 0.3) is 5.91 Å². The number of piperazine rings is 1. The zero-order valence-electron chi connectivity index (χ0n) is 16.9. The maximum Gasteiger partial charge on any atom is 0.272 e. The van der Waals surface area contributed by atoms with Gasteiger partial charge in [0.2, 0.25) is 0 Å². The van der Waals surface area contributed by atoms with Gasteiger partial charge < -0.3 is 24.6 Å². The highest BCUT2D eigenvalue weighted by molar-refractivity contribution is 5.93. The van der Waals surface area contributed by atoms with Crippen molar-refractivity contribution in [1.29, 1.82) is 0 Å². The lowest BCUT2D eigenvalue weighted by Crippen LogP contribution is -2.48. The van der Waals surface area contributed by atoms with Crippen LogP contribution in [0.25, 0.3) is 0 Å². The van der Waals surface area contributed by atoms with Crippen molar-refractivity contribution in [2.24, 2.45) is 0 Å². The zero-order chi connectivity index (χ0) is 20.1. The summed E-state index contributed by atoms with van der Waals surface area (Å²) in [6.07, 6.45) is 0. The van der Waals surface area contributed by atoms with E-state index in [1.54, 1.807) is 33.3 Å². The fourth-order valence-electron chi connectivity index (χ4n) is 3.21. The van der Waals surface area contributed by atoms with Crippen LogP contribution in [-0.2, 0) is 0 Å². The highest BCUT2D eigenvalue weighted by Gasteiger charge is 2.23. The van der Waals surface area contributed by atoms with Gasteiger partial charge in [-0.25, -0.2) is 9.97 Å². The summed E-state index contributed by atoms with van der Waals surface area (Å²) < 4.78 is 10.6. The van der Waals surface area contributed by atoms with Crippen molar-refractivity contribution in [3.8, 4) is 11.5 Å². The second-order valence-electron chi connectivity index (χ2n) is 6.60. The van der Waals surface area contributed by atoms with E-state index in [1.807, 2.05) is 17.0 Å². The average Bonchev–Trinajstić information content (AvgIpc) is 2.73. The van der Waals surface area contributed by atoms with E-state index in [1.165, 1.54) is 0 Å². The summed E-state index contributed by atoms with van der Waals surface area (Å²) in [6.45, 7) is 8.13. The van der Waals surface area contributed by atoms with Crippen molar-refractivity contribution in [3.05, 3.63) is 35.8 Å². The Hall–Kier alpha value is -2.87. The number of anilines is 2. The van der Waals surface area contributed by atoms with Gasteiger partial charge in [-0.1, -0.05) is 6.92 Å². The number of nitrogens with zero attached hydrogens (tertiary/aromatic N) is 4. The molecule has 1 aromatic carbocycles. The van der Waals surface area contributed by atoms with E-state index in [4.69, 9.17) is 9.47 Å². The molecule has 3 rings (SSSR count). The number of rotatable bonds is 6. The lowest BCUT2D eigenvalue weighted by molar-refractivity contribution is 0.0637. The van der Waals surface area contributed by atoms with Crippen LogP contribution in [0.5, 0.6) is 11.5 Å². The van der Waals surface area contributed by atoms with Crippen molar-refractivity contribution in [1.82, 2.24) is 19.8 Å². The Kier molecular flexibility index (Phi) is 6.30. The van der Waals surface area contributed by atoms with Crippen LogP contribution in [0.15, 0.2) is 24.3 Å². The standard InChI is InChI=1S/C20H27N5O3/c1-5-24-8-10-25(11-9-24)20(26)17-13-19(22-14(2)21-17)23-16-7-6-15(27-3)12-18(16)28-4/h6-7,12-13H,5,8-11H2,1-4H3,(H,21,22,23). The van der Waals surface area contributed by atoms with Crippen LogP contribution in [0.3, 0.4) is 0 Å². The summed E-state index contributed by atoms with van der Waals surface area (Å²) in [4.78, 5) is 25.9. The molecule has 2 aromatic rings. The van der Waals surface area contributed by atoms with Gasteiger partial charge in [-0.15, -0.1) is 0 Å². The third-order valence-corrected chi connectivity index (χ3v) is 4.84. The Labute approximate surface area is 165 Å². The van der Waals surface area contributed by atoms with Crippen molar-refractivity contribution in [2.75, 3.05) is 52.3 Å². The molecule has 0 atom stereocenters. The molecule has 0 unspecified atom stereocenters. The number of benzene rings is 1. The second kappa shape index (κ2) is 8.88. The summed E-state index contributed by atoms with van der Waals surface area (Å²) in [5.74, 6) is 2.34. The zero-order valence-corrected chi connectivity index (χ0v) is 16.9. The van der Waals surface area contributed by atoms with Crippen LogP contribution < -0.4 is 14.8 Å². The molecule has 2 heterocycles. The number of aromatic nitrogens is 2. The van der Waals surface area contributed by atoms with Crippen molar-refractivity contribution in [3.63, 3.8) is 0 Å². The largest absolute Gasteiger partial charge is 0.497 e. The summed E-state index contributed by atoms with van der Waals surface area (Å²) in [7, 11) is 3.20. The molecule has 1 aliphatic rings. The minimum atomic E-state index is -0.0639. The number of ether oxygens (including phenoxy) is 2. The predicted molar refractivity (Wildman–Crippen MR) is 108 cm³/mol. The molecule has 0 bridgehead atoms. The monoisotopic (exact) mass is 385 g/mol. The van der Waals surface area contributed by atoms with Gasteiger partial charge >= 0.3 is 0 Å². The summed E-state index contributed by atoms with van der Waals surface area (Å²) >= 11 is 0. The molecule has 8 nitrogen and oxygen atoms in total. The number of hydrogen-bond donors (Lipinski definition) is 1. The minimum Gasteiger partial charge on any atom is -0.497 e. The Morgan fingerprint density at radius 3 is 2.50 bits per heavy atom. The molecular weight excluding hydrogens is 358 g/mol. The lowest BCUT2D eigenvalue weighted by atomic mass is 10.2. The quantitative estimate of drug-likeness (QED) is 0.817. The molecule has 8 heteroatoms. The first-order chi connectivity index (χ1) is 13.5. The fourth-order valence-corrected chi connectivity index (χ4v) is 3.21. The third kappa shape index (κ3) is 4.51. The van der Waals surface area contributed by atoms with Crippen molar-refractivity contribution < 1.29 is 14.3 Å². The minimum absolute atomic E-state index is 0.0639. The first-order valence-electron chi connectivity index (χ1n) is 9.40. The van der Waals surface area contributed by atoms with Gasteiger partial charge in [-0.2, -0.15) is 0 Å². The molecule has 1 saturated heterocycles. The van der Waals surface area contributed by atoms with E-state index in [0.717, 1.165) is 25.3 Å². The number of aryl methyl sites for hydroxylation is 1. The molecule has 28 heavy (non-hydrogen) atoms. The molecule has 0 radical (unpaired) electrons. The number of amides is 1. The smallest absolute Gasteiger partial charge is 0.272 e. The Balaban J connectivity index is 1.79. The van der Waals surface area contributed by atoms with Crippen LogP contribution in [0.2, 0.25) is 0 Å². The molecule has 1 aliphatic heterocycles. The number of carbonyl (C=O) groups excluding carboxylic acids is 1. The van der Waals surface area contributed by atoms with Gasteiger partial charge in [-0.3, -0.25) is 4.79 Å². The third-order valence-electron chi connectivity index (χ3n) is 4.84. The van der Waals surface area contributed by atoms with Crippen molar-refractivity contribution in [2.45, 2.75) is 13.8 Å². The van der Waals surface area contributed by atoms with E-state index < -0.39 is 0 Å². The maximum absolute atomic E-state index is 12.9. The topological polar surface area (TPSA) is 79.8 Å². The molecular formula is C20H27N5O3. The summed E-state index contributed by atoms with van der Waals surface area (Å²) in [5.41, 5.74) is 1.13. The summed E-state index contributed by atoms with van der Waals surface area (Å²) in [5, 5.41) is 3.22. The molecule has 1 N–H and O–H groups in total. The van der Waals surface area contributed by atoms with Crippen LogP contribution in [0, 0.1) is 6.92 Å². The van der Waals surface area contributed by atoms with Gasteiger partial charge in [0.1, 0.15) is 28.8 Å². The Morgan fingerprint density at radius 2 is 1.86 bits per heavy atom. The van der Waals surface area contributed by atoms with Crippen LogP contribution >= 0.6 is 0 Å².